The Labute approximate surface area is 170 Å². The molecule has 2 aromatic carbocycles. The summed E-state index contributed by atoms with van der Waals surface area (Å²) in [7, 11) is 0. The minimum Gasteiger partial charge on any atom is -0.464 e. The Morgan fingerprint density at radius 3 is 2.56 bits per heavy atom. The number of hydrogen-bond acceptors (Lipinski definition) is 4. The monoisotopic (exact) mass is 418 g/mol. The molecule has 0 N–H and O–H groups in total. The van der Waals surface area contributed by atoms with E-state index in [1.165, 1.54) is 0 Å². The first-order valence-electron chi connectivity index (χ1n) is 8.41. The van der Waals surface area contributed by atoms with Crippen LogP contribution in [0.1, 0.15) is 35.6 Å². The van der Waals surface area contributed by atoms with E-state index in [0.717, 1.165) is 28.3 Å². The van der Waals surface area contributed by atoms with Crippen molar-refractivity contribution in [3.05, 3.63) is 86.7 Å². The van der Waals surface area contributed by atoms with Gasteiger partial charge in [-0.1, -0.05) is 40.9 Å². The highest BCUT2D eigenvalue weighted by atomic mass is 35.5. The normalized spacial score (nSPS) is 20.7. The average molecular weight is 420 g/mol. The number of furan rings is 1. The Morgan fingerprint density at radius 2 is 1.78 bits per heavy atom. The molecule has 27 heavy (non-hydrogen) atoms. The number of hydrazone groups is 1. The first-order valence-corrected chi connectivity index (χ1v) is 9.54. The highest BCUT2D eigenvalue weighted by molar-refractivity contribution is 6.35. The van der Waals surface area contributed by atoms with Crippen LogP contribution in [-0.2, 0) is 0 Å². The maximum Gasteiger partial charge on any atom is 0.215 e. The lowest BCUT2D eigenvalue weighted by Crippen LogP contribution is -2.33. The molecule has 0 saturated carbocycles. The van der Waals surface area contributed by atoms with E-state index < -0.39 is 6.23 Å². The molecule has 0 unspecified atom stereocenters. The molecule has 2 aliphatic heterocycles. The SMILES string of the molecule is Clc1ccc([C@@H]2Oc3ccc(Cl)cc3[C@H]3CC(c4ccco4)=NN32)c(Cl)c1. The van der Waals surface area contributed by atoms with Crippen LogP contribution in [-0.4, -0.2) is 10.7 Å². The third-order valence-electron chi connectivity index (χ3n) is 4.79. The second-order valence-electron chi connectivity index (χ2n) is 6.44. The average Bonchev–Trinajstić information content (AvgIpc) is 3.31. The second kappa shape index (κ2) is 6.48. The van der Waals surface area contributed by atoms with E-state index in [9.17, 15) is 0 Å². The quantitative estimate of drug-likeness (QED) is 0.477. The summed E-state index contributed by atoms with van der Waals surface area (Å²) in [5, 5.41) is 8.49. The molecule has 0 fully saturated rings. The number of nitrogens with zero attached hydrogens (tertiary/aromatic N) is 2. The molecule has 0 bridgehead atoms. The van der Waals surface area contributed by atoms with Gasteiger partial charge in [0.05, 0.1) is 17.3 Å². The van der Waals surface area contributed by atoms with Gasteiger partial charge in [-0.25, -0.2) is 5.01 Å². The Hall–Kier alpha value is -2.14. The van der Waals surface area contributed by atoms with Gasteiger partial charge in [-0.05, 0) is 42.5 Å². The molecular formula is C20H13Cl3N2O2. The van der Waals surface area contributed by atoms with Crippen molar-refractivity contribution in [3.63, 3.8) is 0 Å². The molecule has 5 rings (SSSR count). The summed E-state index contributed by atoms with van der Waals surface area (Å²) in [6, 6.07) is 14.7. The molecule has 0 amide bonds. The standard InChI is InChI=1S/C20H13Cl3N2O2/c21-11-4-6-18-14(8-11)17-10-16(19-2-1-7-26-19)24-25(17)20(27-18)13-5-3-12(22)9-15(13)23/h1-9,17,20H,10H2/t17-,20+/m1/s1. The zero-order valence-corrected chi connectivity index (χ0v) is 16.2. The molecule has 4 nitrogen and oxygen atoms in total. The molecule has 2 aliphatic rings. The lowest BCUT2D eigenvalue weighted by atomic mass is 9.97. The summed E-state index contributed by atoms with van der Waals surface area (Å²) in [5.41, 5.74) is 2.65. The van der Waals surface area contributed by atoms with Gasteiger partial charge in [0.2, 0.25) is 6.23 Å². The molecule has 3 heterocycles. The van der Waals surface area contributed by atoms with Gasteiger partial charge in [0.15, 0.2) is 0 Å². The zero-order chi connectivity index (χ0) is 18.5. The fourth-order valence-corrected chi connectivity index (χ4v) is 4.24. The summed E-state index contributed by atoms with van der Waals surface area (Å²) in [4.78, 5) is 0. The van der Waals surface area contributed by atoms with E-state index >= 15 is 0 Å². The summed E-state index contributed by atoms with van der Waals surface area (Å²) < 4.78 is 11.8. The van der Waals surface area contributed by atoms with Crippen LogP contribution in [0.3, 0.4) is 0 Å². The minimum absolute atomic E-state index is 0.0238. The van der Waals surface area contributed by atoms with Crippen molar-refractivity contribution in [1.82, 2.24) is 5.01 Å². The van der Waals surface area contributed by atoms with Gasteiger partial charge in [0.1, 0.15) is 17.2 Å². The molecule has 136 valence electrons. The molecule has 1 aromatic heterocycles. The van der Waals surface area contributed by atoms with E-state index in [1.807, 2.05) is 41.4 Å². The van der Waals surface area contributed by atoms with Crippen LogP contribution in [0.4, 0.5) is 0 Å². The van der Waals surface area contributed by atoms with Crippen LogP contribution < -0.4 is 4.74 Å². The topological polar surface area (TPSA) is 38.0 Å². The van der Waals surface area contributed by atoms with Crippen molar-refractivity contribution >= 4 is 40.5 Å². The van der Waals surface area contributed by atoms with E-state index in [-0.39, 0.29) is 6.04 Å². The predicted octanol–water partition coefficient (Wildman–Crippen LogP) is 6.48. The number of benzene rings is 2. The number of halogens is 3. The van der Waals surface area contributed by atoms with E-state index in [1.54, 1.807) is 18.4 Å². The van der Waals surface area contributed by atoms with Gasteiger partial charge in [-0.2, -0.15) is 5.10 Å². The van der Waals surface area contributed by atoms with Crippen LogP contribution in [0, 0.1) is 0 Å². The third-order valence-corrected chi connectivity index (χ3v) is 5.58. The van der Waals surface area contributed by atoms with Crippen LogP contribution in [0.5, 0.6) is 5.75 Å². The first kappa shape index (κ1) is 17.0. The Morgan fingerprint density at radius 1 is 0.963 bits per heavy atom. The van der Waals surface area contributed by atoms with Crippen molar-refractivity contribution in [2.24, 2.45) is 5.10 Å². The van der Waals surface area contributed by atoms with E-state index in [0.29, 0.717) is 21.5 Å². The number of hydrogen-bond donors (Lipinski definition) is 0. The fraction of sp³-hybridized carbons (Fsp3) is 0.150. The molecule has 7 heteroatoms. The summed E-state index contributed by atoms with van der Waals surface area (Å²) in [6.45, 7) is 0. The van der Waals surface area contributed by atoms with Crippen LogP contribution >= 0.6 is 34.8 Å². The molecule has 0 radical (unpaired) electrons. The lowest BCUT2D eigenvalue weighted by molar-refractivity contribution is -0.0189. The number of rotatable bonds is 2. The highest BCUT2D eigenvalue weighted by Crippen LogP contribution is 2.49. The van der Waals surface area contributed by atoms with Crippen molar-refractivity contribution < 1.29 is 9.15 Å². The predicted molar refractivity (Wildman–Crippen MR) is 106 cm³/mol. The molecule has 3 aromatic rings. The van der Waals surface area contributed by atoms with Crippen LogP contribution in [0.15, 0.2) is 64.3 Å². The number of fused-ring (bicyclic) bond motifs is 3. The van der Waals surface area contributed by atoms with Gasteiger partial charge in [0.25, 0.3) is 0 Å². The second-order valence-corrected chi connectivity index (χ2v) is 7.72. The van der Waals surface area contributed by atoms with Gasteiger partial charge < -0.3 is 9.15 Å². The first-order chi connectivity index (χ1) is 13.1. The van der Waals surface area contributed by atoms with Crippen molar-refractivity contribution in [2.45, 2.75) is 18.7 Å². The van der Waals surface area contributed by atoms with Crippen molar-refractivity contribution in [3.8, 4) is 5.75 Å². The summed E-state index contributed by atoms with van der Waals surface area (Å²) in [6.07, 6.45) is 1.86. The Bertz CT molecular complexity index is 1050. The maximum absolute atomic E-state index is 6.46. The summed E-state index contributed by atoms with van der Waals surface area (Å²) in [5.74, 6) is 1.52. The van der Waals surface area contributed by atoms with Gasteiger partial charge in [0, 0.05) is 27.6 Å². The lowest BCUT2D eigenvalue weighted by Gasteiger charge is -2.38. The van der Waals surface area contributed by atoms with Gasteiger partial charge in [-0.3, -0.25) is 0 Å². The number of ether oxygens (including phenoxy) is 1. The Balaban J connectivity index is 1.64. The molecule has 0 saturated heterocycles. The van der Waals surface area contributed by atoms with Crippen LogP contribution in [0.2, 0.25) is 15.1 Å². The largest absolute Gasteiger partial charge is 0.464 e. The van der Waals surface area contributed by atoms with Gasteiger partial charge >= 0.3 is 0 Å². The fourth-order valence-electron chi connectivity index (χ4n) is 3.56. The molecule has 0 spiro atoms. The summed E-state index contributed by atoms with van der Waals surface area (Å²) >= 11 is 18.8. The van der Waals surface area contributed by atoms with Crippen molar-refractivity contribution in [2.75, 3.05) is 0 Å². The third kappa shape index (κ3) is 2.89. The Kier molecular flexibility index (Phi) is 4.08. The zero-order valence-electron chi connectivity index (χ0n) is 13.9. The molecule has 0 aliphatic carbocycles. The highest BCUT2D eigenvalue weighted by Gasteiger charge is 2.42. The van der Waals surface area contributed by atoms with Crippen LogP contribution in [0.25, 0.3) is 0 Å². The van der Waals surface area contributed by atoms with E-state index in [4.69, 9.17) is 49.1 Å². The van der Waals surface area contributed by atoms with Crippen molar-refractivity contribution in [1.29, 1.82) is 0 Å². The maximum atomic E-state index is 6.46. The molecule has 2 atom stereocenters. The smallest absolute Gasteiger partial charge is 0.215 e. The molecular weight excluding hydrogens is 407 g/mol. The van der Waals surface area contributed by atoms with Gasteiger partial charge in [-0.15, -0.1) is 0 Å². The van der Waals surface area contributed by atoms with E-state index in [2.05, 4.69) is 0 Å². The minimum atomic E-state index is -0.471.